The maximum absolute atomic E-state index is 11.8. The van der Waals surface area contributed by atoms with Crippen LogP contribution < -0.4 is 22.3 Å². The average Bonchev–Trinajstić information content (AvgIpc) is 2.34. The highest BCUT2D eigenvalue weighted by Crippen LogP contribution is 2.43. The normalized spacial score (nSPS) is 24.8. The second-order valence-corrected chi connectivity index (χ2v) is 5.56. The molecule has 19 heavy (non-hydrogen) atoms. The first kappa shape index (κ1) is 13.7. The molecule has 0 bridgehead atoms. The maximum atomic E-state index is 11.8. The Morgan fingerprint density at radius 3 is 2.63 bits per heavy atom. The first-order valence-corrected chi connectivity index (χ1v) is 6.17. The smallest absolute Gasteiger partial charge is 0.329 e. The third-order valence-corrected chi connectivity index (χ3v) is 4.15. The first-order chi connectivity index (χ1) is 8.78. The zero-order chi connectivity index (χ0) is 14.4. The lowest BCUT2D eigenvalue weighted by Gasteiger charge is -2.51. The molecule has 106 valence electrons. The van der Waals surface area contributed by atoms with Gasteiger partial charge in [-0.1, -0.05) is 13.8 Å². The second-order valence-electron chi connectivity index (χ2n) is 5.56. The predicted octanol–water partition coefficient (Wildman–Crippen LogP) is -0.119. The van der Waals surface area contributed by atoms with Gasteiger partial charge in [0.25, 0.3) is 5.56 Å². The minimum atomic E-state index is -0.518. The van der Waals surface area contributed by atoms with E-state index >= 15 is 0 Å². The van der Waals surface area contributed by atoms with Crippen LogP contribution in [0.15, 0.2) is 9.59 Å². The zero-order valence-corrected chi connectivity index (χ0v) is 11.6. The van der Waals surface area contributed by atoms with E-state index in [1.165, 1.54) is 11.6 Å². The molecule has 2 unspecified atom stereocenters. The molecule has 1 aliphatic carbocycles. The summed E-state index contributed by atoms with van der Waals surface area (Å²) >= 11 is 0. The van der Waals surface area contributed by atoms with Gasteiger partial charge in [-0.3, -0.25) is 14.3 Å². The van der Waals surface area contributed by atoms with E-state index in [1.807, 2.05) is 0 Å². The third-order valence-electron chi connectivity index (χ3n) is 4.15. The monoisotopic (exact) mass is 268 g/mol. The number of nitrogen functional groups attached to an aromatic ring is 1. The molecule has 0 aliphatic heterocycles. The van der Waals surface area contributed by atoms with E-state index in [9.17, 15) is 9.59 Å². The highest BCUT2D eigenvalue weighted by Gasteiger charge is 2.49. The number of ether oxygens (including phenoxy) is 1. The van der Waals surface area contributed by atoms with Gasteiger partial charge in [0.05, 0.1) is 6.10 Å². The largest absolute Gasteiger partial charge is 0.383 e. The lowest BCUT2D eigenvalue weighted by Crippen LogP contribution is -2.58. The van der Waals surface area contributed by atoms with Crippen molar-refractivity contribution >= 4 is 11.5 Å². The number of methoxy groups -OCH3 is 1. The summed E-state index contributed by atoms with van der Waals surface area (Å²) in [6.07, 6.45) is 0.948. The lowest BCUT2D eigenvalue weighted by molar-refractivity contribution is -0.0794. The van der Waals surface area contributed by atoms with Crippen molar-refractivity contribution in [3.8, 4) is 0 Å². The van der Waals surface area contributed by atoms with Crippen molar-refractivity contribution in [2.45, 2.75) is 32.4 Å². The Kier molecular flexibility index (Phi) is 3.17. The number of anilines is 2. The Hall–Kier alpha value is -1.76. The molecule has 1 aromatic rings. The number of hydrogen-bond acceptors (Lipinski definition) is 5. The number of H-pyrrole nitrogens is 1. The number of aromatic nitrogens is 2. The number of nitrogens with zero attached hydrogens (tertiary/aromatic N) is 1. The van der Waals surface area contributed by atoms with Crippen molar-refractivity contribution in [3.63, 3.8) is 0 Å². The van der Waals surface area contributed by atoms with Gasteiger partial charge < -0.3 is 15.8 Å². The van der Waals surface area contributed by atoms with E-state index < -0.39 is 11.2 Å². The average molecular weight is 268 g/mol. The Labute approximate surface area is 110 Å². The number of rotatable bonds is 3. The molecule has 0 radical (unpaired) electrons. The Bertz CT molecular complexity index is 602. The molecule has 2 atom stereocenters. The SMILES string of the molecule is COC1CC(Nc2c(N)n(C)c(=O)[nH]c2=O)C1(C)C. The van der Waals surface area contributed by atoms with Crippen LogP contribution in [0.5, 0.6) is 0 Å². The molecule has 1 heterocycles. The van der Waals surface area contributed by atoms with Gasteiger partial charge in [0.15, 0.2) is 0 Å². The van der Waals surface area contributed by atoms with Gasteiger partial charge >= 0.3 is 5.69 Å². The first-order valence-electron chi connectivity index (χ1n) is 6.17. The Morgan fingerprint density at radius 1 is 1.47 bits per heavy atom. The van der Waals surface area contributed by atoms with Crippen LogP contribution in [-0.2, 0) is 11.8 Å². The molecule has 0 aromatic carbocycles. The molecular weight excluding hydrogens is 248 g/mol. The molecule has 0 saturated heterocycles. The second kappa shape index (κ2) is 4.41. The molecule has 1 aliphatic rings. The van der Waals surface area contributed by atoms with Crippen molar-refractivity contribution in [1.82, 2.24) is 9.55 Å². The van der Waals surface area contributed by atoms with Crippen LogP contribution in [0.2, 0.25) is 0 Å². The minimum absolute atomic E-state index is 0.0818. The van der Waals surface area contributed by atoms with Gasteiger partial charge in [-0.15, -0.1) is 0 Å². The van der Waals surface area contributed by atoms with Crippen LogP contribution in [0.25, 0.3) is 0 Å². The molecule has 1 saturated carbocycles. The summed E-state index contributed by atoms with van der Waals surface area (Å²) in [5.74, 6) is 0.144. The van der Waals surface area contributed by atoms with E-state index in [4.69, 9.17) is 10.5 Å². The molecule has 4 N–H and O–H groups in total. The summed E-state index contributed by atoms with van der Waals surface area (Å²) < 4.78 is 6.57. The minimum Gasteiger partial charge on any atom is -0.383 e. The number of nitrogens with two attached hydrogens (primary N) is 1. The molecule has 1 fully saturated rings. The summed E-state index contributed by atoms with van der Waals surface area (Å²) in [6, 6.07) is 0.0818. The summed E-state index contributed by atoms with van der Waals surface area (Å²) in [4.78, 5) is 25.4. The molecule has 7 heteroatoms. The van der Waals surface area contributed by atoms with Crippen LogP contribution >= 0.6 is 0 Å². The molecular formula is C12H20N4O3. The summed E-state index contributed by atoms with van der Waals surface area (Å²) in [5.41, 5.74) is 4.96. The maximum Gasteiger partial charge on any atom is 0.329 e. The molecule has 0 spiro atoms. The van der Waals surface area contributed by atoms with Crippen molar-refractivity contribution in [2.24, 2.45) is 12.5 Å². The molecule has 7 nitrogen and oxygen atoms in total. The Balaban J connectivity index is 2.30. The summed E-state index contributed by atoms with van der Waals surface area (Å²) in [6.45, 7) is 4.13. The number of hydrogen-bond donors (Lipinski definition) is 3. The van der Waals surface area contributed by atoms with E-state index in [-0.39, 0.29) is 29.1 Å². The van der Waals surface area contributed by atoms with E-state index in [1.54, 1.807) is 7.11 Å². The van der Waals surface area contributed by atoms with E-state index in [0.717, 1.165) is 6.42 Å². The zero-order valence-electron chi connectivity index (χ0n) is 11.6. The fourth-order valence-electron chi connectivity index (χ4n) is 2.48. The van der Waals surface area contributed by atoms with Gasteiger partial charge in [-0.2, -0.15) is 0 Å². The quantitative estimate of drug-likeness (QED) is 0.709. The van der Waals surface area contributed by atoms with E-state index in [2.05, 4.69) is 24.1 Å². The van der Waals surface area contributed by atoms with Crippen molar-refractivity contribution in [3.05, 3.63) is 20.8 Å². The van der Waals surface area contributed by atoms with Gasteiger partial charge in [0, 0.05) is 25.6 Å². The van der Waals surface area contributed by atoms with Crippen molar-refractivity contribution in [2.75, 3.05) is 18.2 Å². The van der Waals surface area contributed by atoms with Crippen LogP contribution in [0, 0.1) is 5.41 Å². The topological polar surface area (TPSA) is 102 Å². The van der Waals surface area contributed by atoms with Gasteiger partial charge in [-0.05, 0) is 6.42 Å². The van der Waals surface area contributed by atoms with Gasteiger partial charge in [0.1, 0.15) is 11.5 Å². The van der Waals surface area contributed by atoms with Gasteiger partial charge in [0.2, 0.25) is 0 Å². The molecule has 0 amide bonds. The Morgan fingerprint density at radius 2 is 2.11 bits per heavy atom. The summed E-state index contributed by atoms with van der Waals surface area (Å²) in [5, 5.41) is 3.13. The van der Waals surface area contributed by atoms with E-state index in [0.29, 0.717) is 0 Å². The van der Waals surface area contributed by atoms with Gasteiger partial charge in [-0.25, -0.2) is 4.79 Å². The number of nitrogens with one attached hydrogen (secondary N) is 2. The highest BCUT2D eigenvalue weighted by molar-refractivity contribution is 5.61. The summed E-state index contributed by atoms with van der Waals surface area (Å²) in [7, 11) is 3.19. The lowest BCUT2D eigenvalue weighted by atomic mass is 9.64. The highest BCUT2D eigenvalue weighted by atomic mass is 16.5. The van der Waals surface area contributed by atoms with Crippen molar-refractivity contribution < 1.29 is 4.74 Å². The standard InChI is InChI=1S/C12H20N4O3/c1-12(2)6(5-7(12)19-4)14-8-9(13)16(3)11(18)15-10(8)17/h6-7,14H,5,13H2,1-4H3,(H,15,17,18). The van der Waals surface area contributed by atoms with Crippen molar-refractivity contribution in [1.29, 1.82) is 0 Å². The molecule has 1 aromatic heterocycles. The number of aromatic amines is 1. The fourth-order valence-corrected chi connectivity index (χ4v) is 2.48. The third kappa shape index (κ3) is 2.03. The van der Waals surface area contributed by atoms with Crippen LogP contribution in [0.4, 0.5) is 11.5 Å². The van der Waals surface area contributed by atoms with Crippen LogP contribution in [0.1, 0.15) is 20.3 Å². The van der Waals surface area contributed by atoms with Crippen LogP contribution in [0.3, 0.4) is 0 Å². The fraction of sp³-hybridized carbons (Fsp3) is 0.667. The molecule has 2 rings (SSSR count). The predicted molar refractivity (Wildman–Crippen MR) is 73.3 cm³/mol. The van der Waals surface area contributed by atoms with Crippen LogP contribution in [-0.4, -0.2) is 28.8 Å².